The number of aromatic nitrogens is 4. The SMILES string of the molecule is c1ccc(-n2c3ccccc3c3c4c5ccc(-n6c7ccccc7c7ccccc76)cc5n(-c5ccccc5)c4ccc32)cc1.c1ccc2c(c1)[nH]c1ccccc12. The average Bonchev–Trinajstić information content (AvgIpc) is 4.03. The van der Waals surface area contributed by atoms with Crippen molar-refractivity contribution in [3.05, 3.63) is 212 Å². The van der Waals surface area contributed by atoms with Crippen molar-refractivity contribution in [3.8, 4) is 17.1 Å². The molecule has 1 N–H and O–H groups in total. The van der Waals surface area contributed by atoms with Crippen LogP contribution in [0.15, 0.2) is 212 Å². The Morgan fingerprint density at radius 1 is 0.241 bits per heavy atom. The summed E-state index contributed by atoms with van der Waals surface area (Å²) < 4.78 is 7.26. The van der Waals surface area contributed by atoms with Gasteiger partial charge in [0, 0.05) is 71.2 Å². The van der Waals surface area contributed by atoms with Gasteiger partial charge in [0.1, 0.15) is 0 Å². The molecule has 4 aromatic heterocycles. The lowest BCUT2D eigenvalue weighted by molar-refractivity contribution is 1.15. The summed E-state index contributed by atoms with van der Waals surface area (Å²) in [5, 5.41) is 10.2. The molecule has 0 aliphatic heterocycles. The molecule has 0 spiro atoms. The quantitative estimate of drug-likeness (QED) is 0.187. The van der Waals surface area contributed by atoms with Crippen molar-refractivity contribution < 1.29 is 0 Å². The molecule has 272 valence electrons. The van der Waals surface area contributed by atoms with E-state index in [1.807, 2.05) is 0 Å². The zero-order chi connectivity index (χ0) is 38.2. The van der Waals surface area contributed by atoms with E-state index >= 15 is 0 Å². The van der Waals surface area contributed by atoms with Gasteiger partial charge in [-0.15, -0.1) is 0 Å². The third kappa shape index (κ3) is 4.82. The van der Waals surface area contributed by atoms with Gasteiger partial charge in [-0.25, -0.2) is 0 Å². The number of hydrogen-bond donors (Lipinski definition) is 1. The van der Waals surface area contributed by atoms with E-state index in [4.69, 9.17) is 0 Å². The number of para-hydroxylation sites is 7. The molecule has 4 nitrogen and oxygen atoms in total. The lowest BCUT2D eigenvalue weighted by Crippen LogP contribution is -1.96. The maximum atomic E-state index is 3.38. The summed E-state index contributed by atoms with van der Waals surface area (Å²) in [6, 6.07) is 76.1. The van der Waals surface area contributed by atoms with Gasteiger partial charge in [0.2, 0.25) is 0 Å². The molecule has 0 aliphatic carbocycles. The molecule has 58 heavy (non-hydrogen) atoms. The van der Waals surface area contributed by atoms with E-state index in [9.17, 15) is 0 Å². The van der Waals surface area contributed by atoms with E-state index in [0.717, 1.165) is 11.4 Å². The summed E-state index contributed by atoms with van der Waals surface area (Å²) in [5.41, 5.74) is 13.2. The molecule has 0 radical (unpaired) electrons. The molecule has 13 aromatic rings. The number of hydrogen-bond acceptors (Lipinski definition) is 0. The van der Waals surface area contributed by atoms with Crippen LogP contribution in [0.4, 0.5) is 0 Å². The summed E-state index contributed by atoms with van der Waals surface area (Å²) in [4.78, 5) is 3.38. The Hall–Kier alpha value is -7.82. The number of nitrogens with zero attached hydrogens (tertiary/aromatic N) is 3. The number of fused-ring (bicyclic) bond motifs is 13. The van der Waals surface area contributed by atoms with E-state index in [-0.39, 0.29) is 0 Å². The van der Waals surface area contributed by atoms with Crippen molar-refractivity contribution >= 4 is 87.2 Å². The highest BCUT2D eigenvalue weighted by Crippen LogP contribution is 2.43. The fraction of sp³-hybridized carbons (Fsp3) is 0. The minimum Gasteiger partial charge on any atom is -0.355 e. The number of aromatic amines is 1. The molecule has 0 unspecified atom stereocenters. The lowest BCUT2D eigenvalue weighted by atomic mass is 10.1. The maximum absolute atomic E-state index is 3.38. The van der Waals surface area contributed by atoms with Crippen LogP contribution >= 0.6 is 0 Å². The smallest absolute Gasteiger partial charge is 0.0562 e. The highest BCUT2D eigenvalue weighted by molar-refractivity contribution is 6.29. The minimum atomic E-state index is 1.16. The fourth-order valence-electron chi connectivity index (χ4n) is 9.40. The molecule has 0 aliphatic rings. The van der Waals surface area contributed by atoms with Crippen molar-refractivity contribution in [1.82, 2.24) is 18.7 Å². The first-order valence-corrected chi connectivity index (χ1v) is 19.9. The summed E-state index contributed by atoms with van der Waals surface area (Å²) in [6.45, 7) is 0. The topological polar surface area (TPSA) is 30.6 Å². The van der Waals surface area contributed by atoms with E-state index in [0.29, 0.717) is 0 Å². The predicted octanol–water partition coefficient (Wildman–Crippen LogP) is 14.3. The van der Waals surface area contributed by atoms with Gasteiger partial charge in [-0.1, -0.05) is 133 Å². The Labute approximate surface area is 334 Å². The molecule has 0 amide bonds. The Bertz CT molecular complexity index is 3570. The summed E-state index contributed by atoms with van der Waals surface area (Å²) >= 11 is 0. The average molecular weight is 741 g/mol. The largest absolute Gasteiger partial charge is 0.355 e. The van der Waals surface area contributed by atoms with Gasteiger partial charge >= 0.3 is 0 Å². The third-order valence-corrected chi connectivity index (χ3v) is 11.8. The third-order valence-electron chi connectivity index (χ3n) is 11.8. The van der Waals surface area contributed by atoms with Gasteiger partial charge in [-0.3, -0.25) is 0 Å². The molecule has 0 fully saturated rings. The monoisotopic (exact) mass is 740 g/mol. The number of benzene rings is 9. The Morgan fingerprint density at radius 2 is 0.621 bits per heavy atom. The van der Waals surface area contributed by atoms with Crippen LogP contribution < -0.4 is 0 Å². The predicted molar refractivity (Wildman–Crippen MR) is 245 cm³/mol. The Morgan fingerprint density at radius 3 is 1.16 bits per heavy atom. The van der Waals surface area contributed by atoms with E-state index in [1.54, 1.807) is 0 Å². The van der Waals surface area contributed by atoms with Crippen LogP contribution in [0.1, 0.15) is 0 Å². The Balaban J connectivity index is 0.000000238. The van der Waals surface area contributed by atoms with Crippen LogP contribution in [0.3, 0.4) is 0 Å². The first kappa shape index (κ1) is 32.4. The van der Waals surface area contributed by atoms with Crippen molar-refractivity contribution in [1.29, 1.82) is 0 Å². The molecule has 0 saturated heterocycles. The molecule has 0 atom stereocenters. The fourth-order valence-corrected chi connectivity index (χ4v) is 9.40. The molecule has 13 rings (SSSR count). The van der Waals surface area contributed by atoms with E-state index in [2.05, 4.69) is 231 Å². The molecule has 9 aromatic carbocycles. The Kier molecular flexibility index (Phi) is 7.20. The molecule has 0 saturated carbocycles. The second-order valence-electron chi connectivity index (χ2n) is 15.0. The van der Waals surface area contributed by atoms with Gasteiger partial charge in [0.05, 0.1) is 33.1 Å². The van der Waals surface area contributed by atoms with Crippen molar-refractivity contribution in [2.45, 2.75) is 0 Å². The summed E-state index contributed by atoms with van der Waals surface area (Å²) in [7, 11) is 0. The van der Waals surface area contributed by atoms with Crippen LogP contribution in [0, 0.1) is 0 Å². The number of nitrogens with one attached hydrogen (secondary N) is 1. The van der Waals surface area contributed by atoms with Crippen molar-refractivity contribution in [3.63, 3.8) is 0 Å². The number of H-pyrrole nitrogens is 1. The molecular weight excluding hydrogens is 705 g/mol. The normalized spacial score (nSPS) is 11.8. The summed E-state index contributed by atoms with van der Waals surface area (Å²) in [6.07, 6.45) is 0. The lowest BCUT2D eigenvalue weighted by Gasteiger charge is -2.11. The highest BCUT2D eigenvalue weighted by atomic mass is 15.0. The van der Waals surface area contributed by atoms with Crippen LogP contribution in [-0.4, -0.2) is 18.7 Å². The van der Waals surface area contributed by atoms with Crippen LogP contribution in [0.2, 0.25) is 0 Å². The zero-order valence-electron chi connectivity index (χ0n) is 31.5. The first-order valence-electron chi connectivity index (χ1n) is 19.9. The molecule has 0 bridgehead atoms. The van der Waals surface area contributed by atoms with E-state index < -0.39 is 0 Å². The van der Waals surface area contributed by atoms with Gasteiger partial charge in [0.25, 0.3) is 0 Å². The number of rotatable bonds is 3. The second-order valence-corrected chi connectivity index (χ2v) is 15.0. The standard InChI is InChI=1S/C42H27N3.C12H9N/c1-3-13-28(14-4-1)43-37-22-12-9-19-33(37)41-38(43)25-26-39-42(41)34-24-23-30(27-40(34)44(39)29-15-5-2-6-16-29)45-35-20-10-7-17-31(35)32-18-8-11-21-36(32)45;1-3-7-11-9(5-1)10-6-2-4-8-12(10)13-11/h1-27H;1-8,13H. The van der Waals surface area contributed by atoms with Gasteiger partial charge in [-0.05, 0) is 78.9 Å². The molecular formula is C54H36N4. The molecule has 4 heteroatoms. The van der Waals surface area contributed by atoms with Crippen LogP contribution in [0.25, 0.3) is 104 Å². The maximum Gasteiger partial charge on any atom is 0.0562 e. The van der Waals surface area contributed by atoms with Crippen molar-refractivity contribution in [2.75, 3.05) is 0 Å². The van der Waals surface area contributed by atoms with Gasteiger partial charge in [0.15, 0.2) is 0 Å². The zero-order valence-corrected chi connectivity index (χ0v) is 31.5. The van der Waals surface area contributed by atoms with Gasteiger partial charge < -0.3 is 18.7 Å². The highest BCUT2D eigenvalue weighted by Gasteiger charge is 2.21. The first-order chi connectivity index (χ1) is 28.8. The minimum absolute atomic E-state index is 1.16. The van der Waals surface area contributed by atoms with Crippen LogP contribution in [-0.2, 0) is 0 Å². The summed E-state index contributed by atoms with van der Waals surface area (Å²) in [5.74, 6) is 0. The van der Waals surface area contributed by atoms with Crippen molar-refractivity contribution in [2.24, 2.45) is 0 Å². The second kappa shape index (κ2) is 12.9. The van der Waals surface area contributed by atoms with Crippen LogP contribution in [0.5, 0.6) is 0 Å². The van der Waals surface area contributed by atoms with Gasteiger partial charge in [-0.2, -0.15) is 0 Å². The molecule has 4 heterocycles. The van der Waals surface area contributed by atoms with E-state index in [1.165, 1.54) is 92.9 Å².